The predicted octanol–water partition coefficient (Wildman–Crippen LogP) is 1.10. The Labute approximate surface area is 120 Å². The standard InChI is InChI=1S/C14H26N6/c1-4-13(2)11-20(9-12-16-18-19(3)17-12)14(10-15-13)7-5-6-8-14/h15H,4-11H2,1-3H3. The van der Waals surface area contributed by atoms with E-state index in [1.807, 2.05) is 7.05 Å². The molecule has 2 aliphatic rings. The highest BCUT2D eigenvalue weighted by molar-refractivity contribution is 5.06. The lowest BCUT2D eigenvalue weighted by molar-refractivity contribution is 0.00346. The number of aromatic nitrogens is 4. The number of hydrogen-bond donors (Lipinski definition) is 1. The highest BCUT2D eigenvalue weighted by Gasteiger charge is 2.46. The zero-order valence-electron chi connectivity index (χ0n) is 12.9. The molecule has 112 valence electrons. The van der Waals surface area contributed by atoms with Crippen molar-refractivity contribution in [3.05, 3.63) is 5.82 Å². The third-order valence-corrected chi connectivity index (χ3v) is 5.25. The van der Waals surface area contributed by atoms with Gasteiger partial charge < -0.3 is 5.32 Å². The third kappa shape index (κ3) is 2.46. The number of aryl methyl sites for hydroxylation is 1. The van der Waals surface area contributed by atoms with Crippen LogP contribution >= 0.6 is 0 Å². The van der Waals surface area contributed by atoms with Gasteiger partial charge >= 0.3 is 0 Å². The Morgan fingerprint density at radius 2 is 2.05 bits per heavy atom. The summed E-state index contributed by atoms with van der Waals surface area (Å²) in [6, 6.07) is 0. The van der Waals surface area contributed by atoms with E-state index in [2.05, 4.69) is 39.5 Å². The van der Waals surface area contributed by atoms with Gasteiger partial charge in [-0.2, -0.15) is 4.80 Å². The van der Waals surface area contributed by atoms with Gasteiger partial charge in [-0.15, -0.1) is 10.2 Å². The molecule has 1 N–H and O–H groups in total. The zero-order chi connectivity index (χ0) is 14.2. The van der Waals surface area contributed by atoms with Crippen molar-refractivity contribution in [3.8, 4) is 0 Å². The molecule has 6 heteroatoms. The molecule has 1 spiro atoms. The first-order chi connectivity index (χ1) is 9.55. The highest BCUT2D eigenvalue weighted by atomic mass is 15.6. The Bertz CT molecular complexity index is 464. The Balaban J connectivity index is 1.81. The first-order valence-electron chi connectivity index (χ1n) is 7.78. The Kier molecular flexibility index (Phi) is 3.54. The molecule has 0 amide bonds. The number of nitrogens with one attached hydrogen (secondary N) is 1. The van der Waals surface area contributed by atoms with E-state index in [0.29, 0.717) is 5.54 Å². The summed E-state index contributed by atoms with van der Waals surface area (Å²) in [4.78, 5) is 4.18. The average molecular weight is 278 g/mol. The molecule has 20 heavy (non-hydrogen) atoms. The van der Waals surface area contributed by atoms with Gasteiger partial charge in [0.25, 0.3) is 0 Å². The van der Waals surface area contributed by atoms with E-state index in [1.165, 1.54) is 25.7 Å². The van der Waals surface area contributed by atoms with E-state index in [-0.39, 0.29) is 5.54 Å². The Morgan fingerprint density at radius 3 is 2.65 bits per heavy atom. The first kappa shape index (κ1) is 13.9. The molecule has 1 aromatic rings. The van der Waals surface area contributed by atoms with Crippen molar-refractivity contribution in [2.45, 2.75) is 63.6 Å². The molecule has 6 nitrogen and oxygen atoms in total. The molecule has 1 aliphatic heterocycles. The van der Waals surface area contributed by atoms with Crippen LogP contribution in [0, 0.1) is 0 Å². The quantitative estimate of drug-likeness (QED) is 0.897. The van der Waals surface area contributed by atoms with Crippen LogP contribution in [0.4, 0.5) is 0 Å². The number of piperazine rings is 1. The summed E-state index contributed by atoms with van der Waals surface area (Å²) in [6.07, 6.45) is 6.41. The summed E-state index contributed by atoms with van der Waals surface area (Å²) >= 11 is 0. The molecule has 3 rings (SSSR count). The van der Waals surface area contributed by atoms with Crippen molar-refractivity contribution < 1.29 is 0 Å². The van der Waals surface area contributed by atoms with Crippen molar-refractivity contribution in [2.75, 3.05) is 13.1 Å². The van der Waals surface area contributed by atoms with Crippen LogP contribution in [0.1, 0.15) is 51.8 Å². The lowest BCUT2D eigenvalue weighted by atomic mass is 9.85. The molecule has 1 atom stereocenters. The molecule has 1 saturated carbocycles. The fraction of sp³-hybridized carbons (Fsp3) is 0.929. The van der Waals surface area contributed by atoms with Crippen LogP contribution in [0.3, 0.4) is 0 Å². The van der Waals surface area contributed by atoms with E-state index >= 15 is 0 Å². The zero-order valence-corrected chi connectivity index (χ0v) is 12.9. The van der Waals surface area contributed by atoms with Crippen LogP contribution in [-0.2, 0) is 13.6 Å². The van der Waals surface area contributed by atoms with Crippen LogP contribution < -0.4 is 5.32 Å². The second-order valence-corrected chi connectivity index (χ2v) is 6.75. The maximum Gasteiger partial charge on any atom is 0.188 e. The third-order valence-electron chi connectivity index (χ3n) is 5.25. The fourth-order valence-electron chi connectivity index (χ4n) is 3.68. The van der Waals surface area contributed by atoms with Crippen LogP contribution in [0.2, 0.25) is 0 Å². The smallest absolute Gasteiger partial charge is 0.188 e. The number of nitrogens with zero attached hydrogens (tertiary/aromatic N) is 5. The minimum absolute atomic E-state index is 0.204. The van der Waals surface area contributed by atoms with Crippen molar-refractivity contribution >= 4 is 0 Å². The Hall–Kier alpha value is -1.01. The molecule has 2 fully saturated rings. The molecule has 2 heterocycles. The summed E-state index contributed by atoms with van der Waals surface area (Å²) in [7, 11) is 1.83. The summed E-state index contributed by atoms with van der Waals surface area (Å²) in [5.41, 5.74) is 0.518. The van der Waals surface area contributed by atoms with Gasteiger partial charge in [-0.25, -0.2) is 0 Å². The molecule has 1 unspecified atom stereocenters. The Morgan fingerprint density at radius 1 is 1.30 bits per heavy atom. The molecule has 0 radical (unpaired) electrons. The van der Waals surface area contributed by atoms with Gasteiger partial charge in [-0.3, -0.25) is 4.90 Å². The molecule has 1 saturated heterocycles. The lowest BCUT2D eigenvalue weighted by Gasteiger charge is -2.52. The summed E-state index contributed by atoms with van der Waals surface area (Å²) in [5.74, 6) is 0.846. The number of rotatable bonds is 3. The molecular formula is C14H26N6. The molecule has 1 aromatic heterocycles. The van der Waals surface area contributed by atoms with Crippen LogP contribution in [-0.4, -0.2) is 49.3 Å². The molecule has 0 aromatic carbocycles. The van der Waals surface area contributed by atoms with Gasteiger partial charge in [0.2, 0.25) is 0 Å². The maximum atomic E-state index is 4.37. The van der Waals surface area contributed by atoms with Crippen LogP contribution in [0.25, 0.3) is 0 Å². The second kappa shape index (κ2) is 5.07. The predicted molar refractivity (Wildman–Crippen MR) is 77.1 cm³/mol. The number of hydrogen-bond acceptors (Lipinski definition) is 5. The summed E-state index contributed by atoms with van der Waals surface area (Å²) in [6.45, 7) is 7.58. The topological polar surface area (TPSA) is 58.9 Å². The van der Waals surface area contributed by atoms with Crippen molar-refractivity contribution in [2.24, 2.45) is 7.05 Å². The van der Waals surface area contributed by atoms with E-state index in [9.17, 15) is 0 Å². The van der Waals surface area contributed by atoms with Gasteiger partial charge in [0.1, 0.15) is 0 Å². The van der Waals surface area contributed by atoms with Gasteiger partial charge in [-0.1, -0.05) is 19.8 Å². The van der Waals surface area contributed by atoms with Crippen molar-refractivity contribution in [3.63, 3.8) is 0 Å². The minimum Gasteiger partial charge on any atom is -0.308 e. The van der Waals surface area contributed by atoms with Gasteiger partial charge in [0.05, 0.1) is 13.6 Å². The SMILES string of the molecule is CCC1(C)CN(Cc2nnn(C)n2)C2(CCCC2)CN1. The maximum absolute atomic E-state index is 4.37. The van der Waals surface area contributed by atoms with E-state index < -0.39 is 0 Å². The summed E-state index contributed by atoms with van der Waals surface area (Å²) < 4.78 is 0. The normalized spacial score (nSPS) is 30.1. The van der Waals surface area contributed by atoms with Gasteiger partial charge in [0, 0.05) is 24.2 Å². The van der Waals surface area contributed by atoms with Crippen molar-refractivity contribution in [1.29, 1.82) is 0 Å². The first-order valence-corrected chi connectivity index (χ1v) is 7.78. The average Bonchev–Trinajstić information content (AvgIpc) is 3.05. The second-order valence-electron chi connectivity index (χ2n) is 6.75. The van der Waals surface area contributed by atoms with E-state index in [4.69, 9.17) is 0 Å². The molecular weight excluding hydrogens is 252 g/mol. The largest absolute Gasteiger partial charge is 0.308 e. The van der Waals surface area contributed by atoms with E-state index in [0.717, 1.165) is 31.9 Å². The number of tetrazole rings is 1. The van der Waals surface area contributed by atoms with E-state index in [1.54, 1.807) is 4.80 Å². The highest BCUT2D eigenvalue weighted by Crippen LogP contribution is 2.39. The fourth-order valence-corrected chi connectivity index (χ4v) is 3.68. The van der Waals surface area contributed by atoms with Crippen molar-refractivity contribution in [1.82, 2.24) is 30.4 Å². The lowest BCUT2D eigenvalue weighted by Crippen LogP contribution is -2.67. The van der Waals surface area contributed by atoms with Crippen LogP contribution in [0.5, 0.6) is 0 Å². The van der Waals surface area contributed by atoms with Gasteiger partial charge in [-0.05, 0) is 31.4 Å². The molecule has 0 bridgehead atoms. The molecule has 1 aliphatic carbocycles. The summed E-state index contributed by atoms with van der Waals surface area (Å²) in [5, 5.41) is 16.3. The monoisotopic (exact) mass is 278 g/mol. The van der Waals surface area contributed by atoms with Crippen LogP contribution in [0.15, 0.2) is 0 Å². The van der Waals surface area contributed by atoms with Gasteiger partial charge in [0.15, 0.2) is 5.82 Å². The minimum atomic E-state index is 0.204.